The van der Waals surface area contributed by atoms with Crippen LogP contribution in [0.3, 0.4) is 0 Å². The van der Waals surface area contributed by atoms with Crippen LogP contribution in [0.5, 0.6) is 0 Å². The number of nitrogens with one attached hydrogen (secondary N) is 1. The number of carbonyl (C=O) groups excluding carboxylic acids is 2. The van der Waals surface area contributed by atoms with E-state index in [4.69, 9.17) is 16.0 Å². The average molecular weight is 445 g/mol. The maximum Gasteiger partial charge on any atom is 0.244 e. The van der Waals surface area contributed by atoms with Gasteiger partial charge in [0.25, 0.3) is 0 Å². The summed E-state index contributed by atoms with van der Waals surface area (Å²) >= 11 is 5.94. The highest BCUT2D eigenvalue weighted by Crippen LogP contribution is 2.40. The minimum atomic E-state index is -3.91. The number of halogens is 1. The molecular formula is C21H17ClN2O5S. The van der Waals surface area contributed by atoms with Crippen molar-refractivity contribution in [1.29, 1.82) is 0 Å². The normalized spacial score (nSPS) is 17.8. The molecule has 0 radical (unpaired) electrons. The Morgan fingerprint density at radius 3 is 2.67 bits per heavy atom. The first-order chi connectivity index (χ1) is 14.4. The van der Waals surface area contributed by atoms with Gasteiger partial charge in [-0.05, 0) is 42.5 Å². The number of hydrogen-bond acceptors (Lipinski definition) is 5. The highest BCUT2D eigenvalue weighted by molar-refractivity contribution is 7.91. The quantitative estimate of drug-likeness (QED) is 0.659. The van der Waals surface area contributed by atoms with Crippen molar-refractivity contribution >= 4 is 44.6 Å². The molecule has 0 saturated carbocycles. The fourth-order valence-electron chi connectivity index (χ4n) is 3.40. The van der Waals surface area contributed by atoms with Crippen LogP contribution in [-0.4, -0.2) is 26.8 Å². The molecule has 1 aliphatic rings. The van der Waals surface area contributed by atoms with E-state index in [-0.39, 0.29) is 29.3 Å². The zero-order valence-corrected chi connectivity index (χ0v) is 17.2. The first-order valence-corrected chi connectivity index (χ1v) is 11.0. The lowest BCUT2D eigenvalue weighted by Gasteiger charge is -2.21. The molecule has 2 amide bonds. The van der Waals surface area contributed by atoms with Crippen LogP contribution >= 0.6 is 11.6 Å². The lowest BCUT2D eigenvalue weighted by Crippen LogP contribution is -2.38. The van der Waals surface area contributed by atoms with Crippen LogP contribution in [0, 0.1) is 0 Å². The molecule has 154 valence electrons. The molecule has 0 fully saturated rings. The largest absolute Gasteiger partial charge is 0.468 e. The molecule has 1 atom stereocenters. The molecule has 9 heteroatoms. The van der Waals surface area contributed by atoms with Gasteiger partial charge in [-0.25, -0.2) is 8.42 Å². The van der Waals surface area contributed by atoms with Gasteiger partial charge in [0, 0.05) is 10.7 Å². The van der Waals surface area contributed by atoms with Crippen LogP contribution < -0.4 is 10.2 Å². The second kappa shape index (κ2) is 7.97. The molecule has 3 aromatic rings. The summed E-state index contributed by atoms with van der Waals surface area (Å²) in [5, 5.41) is 1.97. The van der Waals surface area contributed by atoms with Gasteiger partial charge in [-0.2, -0.15) is 0 Å². The molecule has 1 N–H and O–H groups in total. The minimum Gasteiger partial charge on any atom is -0.468 e. The van der Waals surface area contributed by atoms with Gasteiger partial charge in [0.2, 0.25) is 11.8 Å². The van der Waals surface area contributed by atoms with E-state index < -0.39 is 26.9 Å². The van der Waals surface area contributed by atoms with E-state index in [0.29, 0.717) is 10.7 Å². The Hall–Kier alpha value is -3.10. The summed E-state index contributed by atoms with van der Waals surface area (Å²) in [5.74, 6) is -0.788. The van der Waals surface area contributed by atoms with Gasteiger partial charge in [-0.15, -0.1) is 0 Å². The summed E-state index contributed by atoms with van der Waals surface area (Å²) in [6.07, 6.45) is 1.03. The van der Waals surface area contributed by atoms with Gasteiger partial charge in [0.1, 0.15) is 17.6 Å². The SMILES string of the molecule is O=C(CN1C(=O)CC(c2ccco2)S(=O)(=O)c2ccccc21)Nc1cccc(Cl)c1. The van der Waals surface area contributed by atoms with Crippen LogP contribution in [0.4, 0.5) is 11.4 Å². The van der Waals surface area contributed by atoms with Crippen molar-refractivity contribution in [3.05, 3.63) is 77.7 Å². The third-order valence-electron chi connectivity index (χ3n) is 4.77. The second-order valence-electron chi connectivity index (χ2n) is 6.76. The molecule has 0 saturated heterocycles. The molecule has 7 nitrogen and oxygen atoms in total. The van der Waals surface area contributed by atoms with Gasteiger partial charge in [-0.1, -0.05) is 29.8 Å². The highest BCUT2D eigenvalue weighted by Gasteiger charge is 2.41. The summed E-state index contributed by atoms with van der Waals surface area (Å²) in [6, 6.07) is 15.8. The Bertz CT molecular complexity index is 1210. The summed E-state index contributed by atoms with van der Waals surface area (Å²) in [5.41, 5.74) is 0.641. The molecule has 1 aromatic heterocycles. The summed E-state index contributed by atoms with van der Waals surface area (Å²) in [6.45, 7) is -0.344. The average Bonchev–Trinajstić information content (AvgIpc) is 3.22. The zero-order valence-electron chi connectivity index (χ0n) is 15.6. The van der Waals surface area contributed by atoms with Crippen molar-refractivity contribution in [3.8, 4) is 0 Å². The molecule has 0 aliphatic carbocycles. The van der Waals surface area contributed by atoms with Gasteiger partial charge < -0.3 is 14.6 Å². The molecule has 1 unspecified atom stereocenters. The topological polar surface area (TPSA) is 96.7 Å². The number of nitrogens with zero attached hydrogens (tertiary/aromatic N) is 1. The van der Waals surface area contributed by atoms with Crippen molar-refractivity contribution in [3.63, 3.8) is 0 Å². The van der Waals surface area contributed by atoms with Crippen LogP contribution in [0.15, 0.2) is 76.2 Å². The van der Waals surface area contributed by atoms with Crippen molar-refractivity contribution < 1.29 is 22.4 Å². The van der Waals surface area contributed by atoms with Crippen molar-refractivity contribution in [2.45, 2.75) is 16.6 Å². The molecule has 30 heavy (non-hydrogen) atoms. The Labute approximate surface area is 178 Å². The van der Waals surface area contributed by atoms with Crippen LogP contribution in [0.2, 0.25) is 5.02 Å². The van der Waals surface area contributed by atoms with E-state index >= 15 is 0 Å². The van der Waals surface area contributed by atoms with Crippen molar-refractivity contribution in [2.24, 2.45) is 0 Å². The number of sulfone groups is 1. The first kappa shape index (κ1) is 20.2. The van der Waals surface area contributed by atoms with Crippen LogP contribution in [0.25, 0.3) is 0 Å². The maximum atomic E-state index is 13.3. The summed E-state index contributed by atoms with van der Waals surface area (Å²) in [7, 11) is -3.91. The maximum absolute atomic E-state index is 13.3. The number of benzene rings is 2. The number of rotatable bonds is 4. The van der Waals surface area contributed by atoms with Crippen molar-refractivity contribution in [1.82, 2.24) is 0 Å². The summed E-state index contributed by atoms with van der Waals surface area (Å²) < 4.78 is 31.8. The molecule has 0 bridgehead atoms. The van der Waals surface area contributed by atoms with Gasteiger partial charge in [0.15, 0.2) is 9.84 Å². The Kier molecular flexibility index (Phi) is 5.36. The van der Waals surface area contributed by atoms with E-state index in [9.17, 15) is 18.0 Å². The lowest BCUT2D eigenvalue weighted by atomic mass is 10.2. The predicted octanol–water partition coefficient (Wildman–Crippen LogP) is 3.82. The monoisotopic (exact) mass is 444 g/mol. The predicted molar refractivity (Wildman–Crippen MR) is 112 cm³/mol. The third kappa shape index (κ3) is 3.83. The molecule has 2 heterocycles. The minimum absolute atomic E-state index is 0.0206. The number of carbonyl (C=O) groups is 2. The number of hydrogen-bond donors (Lipinski definition) is 1. The fourth-order valence-corrected chi connectivity index (χ4v) is 5.44. The number of furan rings is 1. The summed E-state index contributed by atoms with van der Waals surface area (Å²) in [4.78, 5) is 26.8. The van der Waals surface area contributed by atoms with Gasteiger partial charge >= 0.3 is 0 Å². The van der Waals surface area contributed by atoms with E-state index in [1.807, 2.05) is 0 Å². The molecular weight excluding hydrogens is 428 g/mol. The Morgan fingerprint density at radius 1 is 1.13 bits per heavy atom. The van der Waals surface area contributed by atoms with Crippen molar-refractivity contribution in [2.75, 3.05) is 16.8 Å². The van der Waals surface area contributed by atoms with Crippen LogP contribution in [-0.2, 0) is 19.4 Å². The third-order valence-corrected chi connectivity index (χ3v) is 7.11. The van der Waals surface area contributed by atoms with E-state index in [1.165, 1.54) is 29.4 Å². The second-order valence-corrected chi connectivity index (χ2v) is 9.29. The standard InChI is InChI=1S/C21H17ClN2O5S/c22-14-5-3-6-15(11-14)23-20(25)13-24-16-7-1-2-9-18(16)30(27,28)19(12-21(24)26)17-8-4-10-29-17/h1-11,19H,12-13H2,(H,23,25). The zero-order chi connectivity index (χ0) is 21.3. The first-order valence-electron chi connectivity index (χ1n) is 9.08. The Balaban J connectivity index is 1.69. The number of amides is 2. The van der Waals surface area contributed by atoms with E-state index in [0.717, 1.165) is 0 Å². The number of para-hydroxylation sites is 1. The van der Waals surface area contributed by atoms with E-state index in [2.05, 4.69) is 5.32 Å². The molecule has 0 spiro atoms. The van der Waals surface area contributed by atoms with E-state index in [1.54, 1.807) is 42.5 Å². The fraction of sp³-hybridized carbons (Fsp3) is 0.143. The molecule has 2 aromatic carbocycles. The number of fused-ring (bicyclic) bond motifs is 1. The molecule has 4 rings (SSSR count). The molecule has 1 aliphatic heterocycles. The van der Waals surface area contributed by atoms with Gasteiger partial charge in [0.05, 0.1) is 23.3 Å². The van der Waals surface area contributed by atoms with Gasteiger partial charge in [-0.3, -0.25) is 9.59 Å². The Morgan fingerprint density at radius 2 is 1.93 bits per heavy atom. The highest BCUT2D eigenvalue weighted by atomic mass is 35.5. The number of anilines is 2. The van der Waals surface area contributed by atoms with Crippen LogP contribution in [0.1, 0.15) is 17.4 Å². The smallest absolute Gasteiger partial charge is 0.244 e. The lowest BCUT2D eigenvalue weighted by molar-refractivity contribution is -0.121.